The SMILES string of the molecule is CNCCCNCc1cc(OC)c(OCc2ccc(Cl)cc2Cl)cc1Br. The molecule has 0 aliphatic rings. The van der Waals surface area contributed by atoms with Gasteiger partial charge in [0.1, 0.15) is 6.61 Å². The minimum atomic E-state index is 0.334. The first kappa shape index (κ1) is 21.3. The molecule has 142 valence electrons. The lowest BCUT2D eigenvalue weighted by Crippen LogP contribution is -2.19. The second-order valence-corrected chi connectivity index (χ2v) is 7.45. The van der Waals surface area contributed by atoms with Gasteiger partial charge >= 0.3 is 0 Å². The van der Waals surface area contributed by atoms with Crippen molar-refractivity contribution in [2.45, 2.75) is 19.6 Å². The Morgan fingerprint density at radius 1 is 1.04 bits per heavy atom. The number of ether oxygens (including phenoxy) is 2. The number of hydrogen-bond acceptors (Lipinski definition) is 4. The first-order valence-electron chi connectivity index (χ1n) is 8.33. The summed E-state index contributed by atoms with van der Waals surface area (Å²) in [7, 11) is 3.59. The Balaban J connectivity index is 2.03. The fraction of sp³-hybridized carbons (Fsp3) is 0.368. The third kappa shape index (κ3) is 6.32. The van der Waals surface area contributed by atoms with Gasteiger partial charge in [0.2, 0.25) is 0 Å². The topological polar surface area (TPSA) is 42.5 Å². The zero-order valence-electron chi connectivity index (χ0n) is 14.9. The Labute approximate surface area is 173 Å². The molecule has 7 heteroatoms. The lowest BCUT2D eigenvalue weighted by Gasteiger charge is -2.15. The summed E-state index contributed by atoms with van der Waals surface area (Å²) in [5.74, 6) is 1.34. The monoisotopic (exact) mass is 460 g/mol. The second kappa shape index (κ2) is 11.0. The maximum absolute atomic E-state index is 6.20. The summed E-state index contributed by atoms with van der Waals surface area (Å²) in [5, 5.41) is 7.74. The van der Waals surface area contributed by atoms with Crippen LogP contribution >= 0.6 is 39.1 Å². The van der Waals surface area contributed by atoms with Gasteiger partial charge in [0, 0.05) is 26.6 Å². The van der Waals surface area contributed by atoms with Crippen LogP contribution in [0.15, 0.2) is 34.8 Å². The highest BCUT2D eigenvalue weighted by atomic mass is 79.9. The molecule has 2 rings (SSSR count). The number of hydrogen-bond donors (Lipinski definition) is 2. The molecule has 0 spiro atoms. The smallest absolute Gasteiger partial charge is 0.162 e. The molecule has 0 heterocycles. The lowest BCUT2D eigenvalue weighted by molar-refractivity contribution is 0.284. The van der Waals surface area contributed by atoms with E-state index in [2.05, 4.69) is 26.6 Å². The van der Waals surface area contributed by atoms with Gasteiger partial charge in [-0.3, -0.25) is 0 Å². The summed E-state index contributed by atoms with van der Waals surface area (Å²) >= 11 is 15.7. The largest absolute Gasteiger partial charge is 0.493 e. The van der Waals surface area contributed by atoms with Crippen LogP contribution in [-0.2, 0) is 13.2 Å². The third-order valence-electron chi connectivity index (χ3n) is 3.83. The number of nitrogens with one attached hydrogen (secondary N) is 2. The van der Waals surface area contributed by atoms with E-state index in [0.29, 0.717) is 28.2 Å². The third-order valence-corrected chi connectivity index (χ3v) is 5.15. The van der Waals surface area contributed by atoms with Crippen molar-refractivity contribution in [2.24, 2.45) is 0 Å². The molecule has 0 aliphatic carbocycles. The highest BCUT2D eigenvalue weighted by Gasteiger charge is 2.11. The van der Waals surface area contributed by atoms with Crippen LogP contribution in [0.5, 0.6) is 11.5 Å². The van der Waals surface area contributed by atoms with Crippen molar-refractivity contribution in [3.8, 4) is 11.5 Å². The Kier molecular flexibility index (Phi) is 9.02. The van der Waals surface area contributed by atoms with Crippen molar-refractivity contribution in [1.29, 1.82) is 0 Å². The van der Waals surface area contributed by atoms with Gasteiger partial charge in [-0.2, -0.15) is 0 Å². The van der Waals surface area contributed by atoms with Crippen LogP contribution in [0.2, 0.25) is 10.0 Å². The van der Waals surface area contributed by atoms with Gasteiger partial charge < -0.3 is 20.1 Å². The van der Waals surface area contributed by atoms with Crippen LogP contribution in [0.3, 0.4) is 0 Å². The number of benzene rings is 2. The molecule has 0 bridgehead atoms. The summed E-state index contributed by atoms with van der Waals surface area (Å²) < 4.78 is 12.4. The van der Waals surface area contributed by atoms with Crippen LogP contribution in [-0.4, -0.2) is 27.2 Å². The van der Waals surface area contributed by atoms with E-state index in [-0.39, 0.29) is 0 Å². The maximum atomic E-state index is 6.20. The predicted molar refractivity (Wildman–Crippen MR) is 112 cm³/mol. The molecule has 0 aliphatic heterocycles. The van der Waals surface area contributed by atoms with E-state index in [1.807, 2.05) is 25.2 Å². The van der Waals surface area contributed by atoms with Crippen molar-refractivity contribution in [1.82, 2.24) is 10.6 Å². The quantitative estimate of drug-likeness (QED) is 0.486. The molecule has 0 atom stereocenters. The molecule has 2 aromatic rings. The van der Waals surface area contributed by atoms with E-state index >= 15 is 0 Å². The van der Waals surface area contributed by atoms with Crippen LogP contribution < -0.4 is 20.1 Å². The predicted octanol–water partition coefficient (Wildman–Crippen LogP) is 5.04. The van der Waals surface area contributed by atoms with Gasteiger partial charge in [-0.05, 0) is 56.4 Å². The molecule has 4 nitrogen and oxygen atoms in total. The number of methoxy groups -OCH3 is 1. The van der Waals surface area contributed by atoms with Crippen molar-refractivity contribution in [3.63, 3.8) is 0 Å². The van der Waals surface area contributed by atoms with E-state index in [1.165, 1.54) is 0 Å². The van der Waals surface area contributed by atoms with Crippen LogP contribution in [0.4, 0.5) is 0 Å². The zero-order valence-corrected chi connectivity index (χ0v) is 18.0. The Hall–Kier alpha value is -0.980. The zero-order chi connectivity index (χ0) is 18.9. The molecule has 26 heavy (non-hydrogen) atoms. The molecule has 0 radical (unpaired) electrons. The van der Waals surface area contributed by atoms with E-state index < -0.39 is 0 Å². The minimum Gasteiger partial charge on any atom is -0.493 e. The van der Waals surface area contributed by atoms with E-state index in [0.717, 1.165) is 41.7 Å². The van der Waals surface area contributed by atoms with Crippen LogP contribution in [0, 0.1) is 0 Å². The van der Waals surface area contributed by atoms with Gasteiger partial charge in [-0.1, -0.05) is 45.2 Å². The van der Waals surface area contributed by atoms with E-state index in [4.69, 9.17) is 32.7 Å². The molecule has 2 aromatic carbocycles. The Morgan fingerprint density at radius 2 is 1.85 bits per heavy atom. The molecule has 0 saturated heterocycles. The van der Waals surface area contributed by atoms with Gasteiger partial charge in [-0.25, -0.2) is 0 Å². The highest BCUT2D eigenvalue weighted by molar-refractivity contribution is 9.10. The molecule has 2 N–H and O–H groups in total. The maximum Gasteiger partial charge on any atom is 0.162 e. The average molecular weight is 462 g/mol. The Morgan fingerprint density at radius 3 is 2.54 bits per heavy atom. The normalized spacial score (nSPS) is 10.8. The standard InChI is InChI=1S/C19H23BrCl2N2O2/c1-23-6-3-7-24-11-14-8-18(25-2)19(10-16(14)20)26-12-13-4-5-15(21)9-17(13)22/h4-5,8-10,23-24H,3,6-7,11-12H2,1-2H3. The van der Waals surface area contributed by atoms with Crippen LogP contribution in [0.25, 0.3) is 0 Å². The lowest BCUT2D eigenvalue weighted by atomic mass is 10.2. The second-order valence-electron chi connectivity index (χ2n) is 5.75. The highest BCUT2D eigenvalue weighted by Crippen LogP contribution is 2.34. The summed E-state index contributed by atoms with van der Waals surface area (Å²) in [6.07, 6.45) is 1.08. The van der Waals surface area contributed by atoms with Crippen molar-refractivity contribution >= 4 is 39.1 Å². The molecular weight excluding hydrogens is 439 g/mol. The van der Waals surface area contributed by atoms with Gasteiger partial charge in [0.25, 0.3) is 0 Å². The van der Waals surface area contributed by atoms with Gasteiger partial charge in [0.15, 0.2) is 11.5 Å². The molecule has 0 unspecified atom stereocenters. The van der Waals surface area contributed by atoms with E-state index in [1.54, 1.807) is 19.2 Å². The molecule has 0 saturated carbocycles. The summed E-state index contributed by atoms with van der Waals surface area (Å²) in [6.45, 7) is 3.03. The Bertz CT molecular complexity index is 729. The molecule has 0 amide bonds. The van der Waals surface area contributed by atoms with Gasteiger partial charge in [0.05, 0.1) is 7.11 Å². The van der Waals surface area contributed by atoms with Crippen LogP contribution in [0.1, 0.15) is 17.5 Å². The van der Waals surface area contributed by atoms with Crippen molar-refractivity contribution in [2.75, 3.05) is 27.2 Å². The first-order chi connectivity index (χ1) is 12.5. The summed E-state index contributed by atoms with van der Waals surface area (Å²) in [5.41, 5.74) is 1.98. The summed E-state index contributed by atoms with van der Waals surface area (Å²) in [6, 6.07) is 9.26. The molecule has 0 aromatic heterocycles. The van der Waals surface area contributed by atoms with Crippen molar-refractivity contribution in [3.05, 3.63) is 56.0 Å². The summed E-state index contributed by atoms with van der Waals surface area (Å²) in [4.78, 5) is 0. The number of rotatable bonds is 10. The average Bonchev–Trinajstić information content (AvgIpc) is 2.62. The first-order valence-corrected chi connectivity index (χ1v) is 9.88. The fourth-order valence-electron chi connectivity index (χ4n) is 2.39. The minimum absolute atomic E-state index is 0.334. The van der Waals surface area contributed by atoms with E-state index in [9.17, 15) is 0 Å². The fourth-order valence-corrected chi connectivity index (χ4v) is 3.32. The number of halogens is 3. The van der Waals surface area contributed by atoms with Gasteiger partial charge in [-0.15, -0.1) is 0 Å². The molecule has 0 fully saturated rings. The molecular formula is C19H23BrCl2N2O2. The van der Waals surface area contributed by atoms with Crippen molar-refractivity contribution < 1.29 is 9.47 Å².